The molecule has 1 aromatic heterocycles. The van der Waals surface area contributed by atoms with Crippen LogP contribution in [0.25, 0.3) is 11.3 Å². The van der Waals surface area contributed by atoms with Crippen molar-refractivity contribution >= 4 is 5.69 Å². The number of benzene rings is 2. The number of hydrogen-bond donors (Lipinski definition) is 2. The lowest BCUT2D eigenvalue weighted by Crippen LogP contribution is -2.19. The van der Waals surface area contributed by atoms with Crippen LogP contribution in [0.15, 0.2) is 48.5 Å². The molecule has 1 aliphatic carbocycles. The highest BCUT2D eigenvalue weighted by atomic mass is 15.3. The van der Waals surface area contributed by atoms with Crippen LogP contribution < -0.4 is 11.5 Å². The van der Waals surface area contributed by atoms with Gasteiger partial charge in [-0.15, -0.1) is 0 Å². The largest absolute Gasteiger partial charge is 0.399 e. The quantitative estimate of drug-likeness (QED) is 0.713. The highest BCUT2D eigenvalue weighted by molar-refractivity contribution is 5.67. The van der Waals surface area contributed by atoms with Crippen molar-refractivity contribution in [3.05, 3.63) is 70.9 Å². The molecule has 0 amide bonds. The first-order valence-electron chi connectivity index (χ1n) is 8.86. The molecule has 1 unspecified atom stereocenters. The number of hydrogen-bond acceptors (Lipinski definition) is 4. The maximum Gasteiger partial charge on any atom is 0.0991 e. The number of fused-ring (bicyclic) bond motifs is 1. The lowest BCUT2D eigenvalue weighted by molar-refractivity contribution is 0.537. The van der Waals surface area contributed by atoms with Gasteiger partial charge in [0.25, 0.3) is 0 Å². The molecule has 1 atom stereocenters. The smallest absolute Gasteiger partial charge is 0.0991 e. The molecule has 5 heteroatoms. The summed E-state index contributed by atoms with van der Waals surface area (Å²) in [4.78, 5) is 0. The van der Waals surface area contributed by atoms with E-state index in [2.05, 4.69) is 10.8 Å². The summed E-state index contributed by atoms with van der Waals surface area (Å²) < 4.78 is 2.07. The second-order valence-corrected chi connectivity index (χ2v) is 6.80. The van der Waals surface area contributed by atoms with E-state index in [1.807, 2.05) is 48.5 Å². The molecule has 0 spiro atoms. The average molecular weight is 343 g/mol. The zero-order valence-corrected chi connectivity index (χ0v) is 14.5. The Bertz CT molecular complexity index is 961. The van der Waals surface area contributed by atoms with Gasteiger partial charge in [0.05, 0.1) is 23.9 Å². The van der Waals surface area contributed by atoms with E-state index in [0.29, 0.717) is 12.1 Å². The van der Waals surface area contributed by atoms with E-state index in [9.17, 15) is 0 Å². The van der Waals surface area contributed by atoms with Gasteiger partial charge >= 0.3 is 0 Å². The van der Waals surface area contributed by atoms with Gasteiger partial charge in [-0.3, -0.25) is 4.68 Å². The van der Waals surface area contributed by atoms with E-state index in [1.165, 1.54) is 5.69 Å². The summed E-state index contributed by atoms with van der Waals surface area (Å²) in [6, 6.07) is 17.6. The van der Waals surface area contributed by atoms with Crippen LogP contribution in [0.4, 0.5) is 5.69 Å². The van der Waals surface area contributed by atoms with E-state index >= 15 is 0 Å². The molecule has 2 aromatic carbocycles. The summed E-state index contributed by atoms with van der Waals surface area (Å²) in [5, 5.41) is 13.9. The lowest BCUT2D eigenvalue weighted by atomic mass is 9.89. The predicted molar refractivity (Wildman–Crippen MR) is 102 cm³/mol. The van der Waals surface area contributed by atoms with Crippen LogP contribution in [0.3, 0.4) is 0 Å². The molecule has 0 fully saturated rings. The molecule has 1 aliphatic rings. The maximum absolute atomic E-state index is 8.96. The van der Waals surface area contributed by atoms with Gasteiger partial charge in [-0.2, -0.15) is 10.4 Å². The monoisotopic (exact) mass is 343 g/mol. The van der Waals surface area contributed by atoms with Crippen LogP contribution in [0.2, 0.25) is 0 Å². The summed E-state index contributed by atoms with van der Waals surface area (Å²) in [6.45, 7) is 0.676. The van der Waals surface area contributed by atoms with Gasteiger partial charge in [0.1, 0.15) is 0 Å². The Labute approximate surface area is 152 Å². The topological polar surface area (TPSA) is 93.6 Å². The van der Waals surface area contributed by atoms with Gasteiger partial charge < -0.3 is 11.5 Å². The van der Waals surface area contributed by atoms with Crippen molar-refractivity contribution in [2.75, 3.05) is 5.73 Å². The summed E-state index contributed by atoms with van der Waals surface area (Å²) >= 11 is 0. The first-order valence-corrected chi connectivity index (χ1v) is 8.86. The van der Waals surface area contributed by atoms with E-state index < -0.39 is 0 Å². The number of nitriles is 1. The first kappa shape index (κ1) is 16.4. The number of rotatable bonds is 3. The molecule has 130 valence electrons. The van der Waals surface area contributed by atoms with E-state index in [1.54, 1.807) is 0 Å². The molecule has 3 aromatic rings. The van der Waals surface area contributed by atoms with Crippen molar-refractivity contribution < 1.29 is 0 Å². The number of aromatic nitrogens is 2. The van der Waals surface area contributed by atoms with Crippen molar-refractivity contribution in [2.24, 2.45) is 5.73 Å². The zero-order chi connectivity index (χ0) is 18.1. The highest BCUT2D eigenvalue weighted by Crippen LogP contribution is 2.36. The predicted octanol–water partition coefficient (Wildman–Crippen LogP) is 3.39. The summed E-state index contributed by atoms with van der Waals surface area (Å²) in [7, 11) is 0. The van der Waals surface area contributed by atoms with Crippen molar-refractivity contribution in [1.82, 2.24) is 9.78 Å². The molecule has 26 heavy (non-hydrogen) atoms. The lowest BCUT2D eigenvalue weighted by Gasteiger charge is -2.20. The van der Waals surface area contributed by atoms with E-state index in [4.69, 9.17) is 21.8 Å². The Kier molecular flexibility index (Phi) is 4.19. The van der Waals surface area contributed by atoms with Crippen LogP contribution >= 0.6 is 0 Å². The molecule has 0 radical (unpaired) electrons. The van der Waals surface area contributed by atoms with Gasteiger partial charge in [0.15, 0.2) is 0 Å². The minimum absolute atomic E-state index is 0.0148. The Morgan fingerprint density at radius 3 is 2.54 bits per heavy atom. The van der Waals surface area contributed by atoms with Crippen molar-refractivity contribution in [3.8, 4) is 17.3 Å². The third kappa shape index (κ3) is 2.96. The molecule has 4 rings (SSSR count). The number of nitrogens with zero attached hydrogens (tertiary/aromatic N) is 3. The Balaban J connectivity index is 1.76. The first-order chi connectivity index (χ1) is 12.7. The third-order valence-electron chi connectivity index (χ3n) is 5.00. The average Bonchev–Trinajstić information content (AvgIpc) is 3.03. The van der Waals surface area contributed by atoms with Crippen LogP contribution in [-0.4, -0.2) is 9.78 Å². The SMILES string of the molecule is N#Cc1ccc(Cn2nc(-c3ccc(N)cc3)c3c2CCCC3N)cc1. The van der Waals surface area contributed by atoms with Gasteiger partial charge in [-0.05, 0) is 49.1 Å². The van der Waals surface area contributed by atoms with Crippen LogP contribution in [0.5, 0.6) is 0 Å². The Hall–Kier alpha value is -3.10. The second-order valence-electron chi connectivity index (χ2n) is 6.80. The Morgan fingerprint density at radius 1 is 1.12 bits per heavy atom. The highest BCUT2D eigenvalue weighted by Gasteiger charge is 2.27. The number of nitrogen functional groups attached to an aromatic ring is 1. The van der Waals surface area contributed by atoms with Crippen LogP contribution in [-0.2, 0) is 13.0 Å². The fourth-order valence-corrected chi connectivity index (χ4v) is 3.64. The van der Waals surface area contributed by atoms with Crippen molar-refractivity contribution in [1.29, 1.82) is 5.26 Å². The zero-order valence-electron chi connectivity index (χ0n) is 14.5. The van der Waals surface area contributed by atoms with Gasteiger partial charge in [0.2, 0.25) is 0 Å². The molecule has 4 N–H and O–H groups in total. The molecule has 0 saturated heterocycles. The molecular weight excluding hydrogens is 322 g/mol. The van der Waals surface area contributed by atoms with Gasteiger partial charge in [-0.25, -0.2) is 0 Å². The normalized spacial score (nSPS) is 16.1. The molecule has 5 nitrogen and oxygen atoms in total. The van der Waals surface area contributed by atoms with Crippen molar-refractivity contribution in [2.45, 2.75) is 31.8 Å². The standard InChI is InChI=1S/C21H21N5/c22-12-14-4-6-15(7-5-14)13-26-19-3-1-2-18(24)20(19)21(25-26)16-8-10-17(23)11-9-16/h4-11,18H,1-3,13,23-24H2. The van der Waals surface area contributed by atoms with Gasteiger partial charge in [-0.1, -0.05) is 24.3 Å². The summed E-state index contributed by atoms with van der Waals surface area (Å²) in [5.74, 6) is 0. The molecular formula is C21H21N5. The number of anilines is 1. The van der Waals surface area contributed by atoms with Crippen LogP contribution in [0, 0.1) is 11.3 Å². The molecule has 0 saturated carbocycles. The Morgan fingerprint density at radius 2 is 1.85 bits per heavy atom. The fraction of sp³-hybridized carbons (Fsp3) is 0.238. The summed E-state index contributed by atoms with van der Waals surface area (Å²) in [6.07, 6.45) is 3.05. The van der Waals surface area contributed by atoms with Gasteiger partial charge in [0, 0.05) is 28.6 Å². The van der Waals surface area contributed by atoms with Crippen molar-refractivity contribution in [3.63, 3.8) is 0 Å². The summed E-state index contributed by atoms with van der Waals surface area (Å²) in [5.41, 5.74) is 19.2. The van der Waals surface area contributed by atoms with Crippen LogP contribution in [0.1, 0.15) is 41.3 Å². The molecule has 0 aliphatic heterocycles. The van der Waals surface area contributed by atoms with E-state index in [0.717, 1.165) is 47.3 Å². The van der Waals surface area contributed by atoms with E-state index in [-0.39, 0.29) is 6.04 Å². The maximum atomic E-state index is 8.96. The third-order valence-corrected chi connectivity index (χ3v) is 5.00. The number of nitrogens with two attached hydrogens (primary N) is 2. The minimum atomic E-state index is 0.0148. The fourth-order valence-electron chi connectivity index (χ4n) is 3.64. The minimum Gasteiger partial charge on any atom is -0.399 e. The second kappa shape index (κ2) is 6.66. The molecule has 1 heterocycles. The molecule has 0 bridgehead atoms.